The molecule has 1 rings (SSSR count). The highest BCUT2D eigenvalue weighted by Crippen LogP contribution is 2.19. The number of nitrogens with one attached hydrogen (secondary N) is 2. The van der Waals surface area contributed by atoms with Crippen LogP contribution >= 0.6 is 0 Å². The van der Waals surface area contributed by atoms with Gasteiger partial charge in [0, 0.05) is 23.7 Å². The second-order valence-electron chi connectivity index (χ2n) is 6.11. The summed E-state index contributed by atoms with van der Waals surface area (Å²) in [7, 11) is 0. The average Bonchev–Trinajstić information content (AvgIpc) is 2.58. The molecule has 0 fully saturated rings. The van der Waals surface area contributed by atoms with Crippen molar-refractivity contribution in [2.24, 2.45) is 0 Å². The van der Waals surface area contributed by atoms with Crippen molar-refractivity contribution < 1.29 is 28.2 Å². The van der Waals surface area contributed by atoms with Gasteiger partial charge in [0.25, 0.3) is 5.84 Å². The van der Waals surface area contributed by atoms with Gasteiger partial charge in [0.1, 0.15) is 0 Å². The van der Waals surface area contributed by atoms with Gasteiger partial charge >= 0.3 is 12.1 Å². The number of rotatable bonds is 7. The maximum Gasteiger partial charge on any atom is 0.495 e. The van der Waals surface area contributed by atoms with Gasteiger partial charge in [0.05, 0.1) is 0 Å². The molecule has 1 aliphatic rings. The molecule has 26 heavy (non-hydrogen) atoms. The van der Waals surface area contributed by atoms with Crippen molar-refractivity contribution in [1.82, 2.24) is 15.5 Å². The quantitative estimate of drug-likeness (QED) is 0.442. The zero-order chi connectivity index (χ0) is 19.9. The molecule has 0 saturated heterocycles. The van der Waals surface area contributed by atoms with E-state index in [1.54, 1.807) is 5.32 Å². The number of carbonyl (C=O) groups excluding carboxylic acids is 2. The minimum absolute atomic E-state index is 0.0311. The van der Waals surface area contributed by atoms with Gasteiger partial charge in [-0.1, -0.05) is 26.0 Å². The number of alkyl halides is 3. The lowest BCUT2D eigenvalue weighted by Gasteiger charge is -2.24. The Bertz CT molecular complexity index is 608. The van der Waals surface area contributed by atoms with Crippen molar-refractivity contribution in [1.29, 1.82) is 0 Å². The molecule has 1 unspecified atom stereocenters. The second-order valence-corrected chi connectivity index (χ2v) is 6.11. The first-order chi connectivity index (χ1) is 12.1. The van der Waals surface area contributed by atoms with Crippen molar-refractivity contribution >= 4 is 17.6 Å². The number of allylic oxidation sites excluding steroid dienone is 2. The zero-order valence-corrected chi connectivity index (χ0v) is 15.2. The molecular weight excluding hydrogens is 349 g/mol. The maximum absolute atomic E-state index is 12.3. The van der Waals surface area contributed by atoms with E-state index in [9.17, 15) is 22.8 Å². The van der Waals surface area contributed by atoms with Crippen LogP contribution in [0.3, 0.4) is 0 Å². The molecule has 4 N–H and O–H groups in total. The van der Waals surface area contributed by atoms with Crippen LogP contribution in [0.25, 0.3) is 0 Å². The van der Waals surface area contributed by atoms with Gasteiger partial charge in [-0.2, -0.15) is 13.2 Å². The Kier molecular flexibility index (Phi) is 8.01. The van der Waals surface area contributed by atoms with E-state index in [4.69, 9.17) is 5.41 Å². The molecular formula is C17H26F3N4O2+. The first-order valence-electron chi connectivity index (χ1n) is 8.52. The van der Waals surface area contributed by atoms with Crippen LogP contribution in [0.2, 0.25) is 0 Å². The van der Waals surface area contributed by atoms with Crippen molar-refractivity contribution in [3.63, 3.8) is 0 Å². The fourth-order valence-corrected chi connectivity index (χ4v) is 2.56. The zero-order valence-electron chi connectivity index (χ0n) is 15.2. The van der Waals surface area contributed by atoms with Gasteiger partial charge in [0.15, 0.2) is 0 Å². The molecule has 9 heteroatoms. The first-order valence-corrected chi connectivity index (χ1v) is 8.52. The Morgan fingerprint density at radius 1 is 1.19 bits per heavy atom. The van der Waals surface area contributed by atoms with Crippen LogP contribution in [-0.4, -0.2) is 54.4 Å². The summed E-state index contributed by atoms with van der Waals surface area (Å²) in [5.74, 6) is -2.68. The minimum atomic E-state index is -5.00. The average molecular weight is 375 g/mol. The monoisotopic (exact) mass is 375 g/mol. The van der Waals surface area contributed by atoms with Gasteiger partial charge < -0.3 is 10.2 Å². The number of amides is 2. The second kappa shape index (κ2) is 9.51. The van der Waals surface area contributed by atoms with Crippen molar-refractivity contribution in [3.8, 4) is 0 Å². The van der Waals surface area contributed by atoms with Gasteiger partial charge in [-0.05, 0) is 32.9 Å². The normalized spacial score (nSPS) is 15.8. The predicted molar refractivity (Wildman–Crippen MR) is 91.9 cm³/mol. The van der Waals surface area contributed by atoms with E-state index in [-0.39, 0.29) is 24.2 Å². The Labute approximate surface area is 151 Å². The largest absolute Gasteiger partial charge is 0.495 e. The van der Waals surface area contributed by atoms with Gasteiger partial charge in [0.2, 0.25) is 5.91 Å². The summed E-state index contributed by atoms with van der Waals surface area (Å²) in [6.07, 6.45) is -1.42. The summed E-state index contributed by atoms with van der Waals surface area (Å²) >= 11 is 0. The molecule has 0 aromatic heterocycles. The van der Waals surface area contributed by atoms with Crippen LogP contribution in [0.1, 0.15) is 33.6 Å². The number of nitrogens with two attached hydrogens (primary N) is 1. The molecule has 1 aliphatic carbocycles. The number of carbonyl (C=O) groups is 2. The number of amidine groups is 1. The van der Waals surface area contributed by atoms with E-state index < -0.39 is 12.1 Å². The highest BCUT2D eigenvalue weighted by Gasteiger charge is 2.43. The molecule has 0 aromatic rings. The highest BCUT2D eigenvalue weighted by atomic mass is 19.4. The molecule has 1 atom stereocenters. The van der Waals surface area contributed by atoms with Crippen molar-refractivity contribution in [2.75, 3.05) is 19.6 Å². The molecule has 0 heterocycles. The van der Waals surface area contributed by atoms with Crippen molar-refractivity contribution in [3.05, 3.63) is 23.3 Å². The third-order valence-electron chi connectivity index (χ3n) is 4.10. The van der Waals surface area contributed by atoms with Gasteiger partial charge in [-0.15, -0.1) is 0 Å². The SMILES string of the molecule is CCN(CC)CC(C)NC(=O)C1=CC=C(C(=[NH2+])NC(=O)C(F)(F)F)CC1. The van der Waals surface area contributed by atoms with E-state index in [2.05, 4.69) is 10.2 Å². The van der Waals surface area contributed by atoms with E-state index >= 15 is 0 Å². The maximum atomic E-state index is 12.3. The Balaban J connectivity index is 2.63. The van der Waals surface area contributed by atoms with Crippen LogP contribution in [0, 0.1) is 0 Å². The lowest BCUT2D eigenvalue weighted by molar-refractivity contribution is -0.174. The molecule has 0 radical (unpaired) electrons. The summed E-state index contributed by atoms with van der Waals surface area (Å²) in [5.41, 5.74) is 0.880. The van der Waals surface area contributed by atoms with Gasteiger partial charge in [-0.3, -0.25) is 10.2 Å². The smallest absolute Gasteiger partial charge is 0.349 e. The predicted octanol–water partition coefficient (Wildman–Crippen LogP) is 0.316. The summed E-state index contributed by atoms with van der Waals surface area (Å²) in [6, 6.07) is -0.0311. The lowest BCUT2D eigenvalue weighted by Crippen LogP contribution is -2.55. The summed E-state index contributed by atoms with van der Waals surface area (Å²) < 4.78 is 36.7. The number of nitrogens with zero attached hydrogens (tertiary/aromatic N) is 1. The molecule has 146 valence electrons. The third kappa shape index (κ3) is 6.62. The number of likely N-dealkylation sites (N-methyl/N-ethyl adjacent to an activating group) is 1. The molecule has 2 amide bonds. The Hall–Kier alpha value is -2.16. The fourth-order valence-electron chi connectivity index (χ4n) is 2.56. The van der Waals surface area contributed by atoms with Crippen molar-refractivity contribution in [2.45, 2.75) is 45.8 Å². The van der Waals surface area contributed by atoms with E-state index in [0.717, 1.165) is 19.6 Å². The highest BCUT2D eigenvalue weighted by molar-refractivity contribution is 6.06. The minimum Gasteiger partial charge on any atom is -0.349 e. The van der Waals surface area contributed by atoms with E-state index in [1.807, 2.05) is 20.8 Å². The summed E-state index contributed by atoms with van der Waals surface area (Å²) in [5, 5.41) is 10.1. The topological polar surface area (TPSA) is 87.0 Å². The van der Waals surface area contributed by atoms with Crippen LogP contribution in [0.15, 0.2) is 23.3 Å². The Morgan fingerprint density at radius 2 is 1.73 bits per heavy atom. The van der Waals surface area contributed by atoms with E-state index in [1.165, 1.54) is 12.2 Å². The van der Waals surface area contributed by atoms with Crippen LogP contribution in [0.5, 0.6) is 0 Å². The lowest BCUT2D eigenvalue weighted by atomic mass is 9.97. The standard InChI is InChI=1S/C17H25F3N4O2/c1-4-24(5-2)10-11(3)22-15(25)13-8-6-12(7-9-13)14(21)23-16(26)17(18,19)20/h6,8,11H,4-5,7,9-10H2,1-3H3,(H,22,25)(H2,21,23,26)/p+1. The van der Waals surface area contributed by atoms with Gasteiger partial charge in [-0.25, -0.2) is 10.1 Å². The summed E-state index contributed by atoms with van der Waals surface area (Å²) in [4.78, 5) is 25.4. The number of hydrogen-bond acceptors (Lipinski definition) is 3. The molecule has 0 aliphatic heterocycles. The van der Waals surface area contributed by atoms with Crippen LogP contribution in [0.4, 0.5) is 13.2 Å². The molecule has 0 bridgehead atoms. The molecule has 0 spiro atoms. The van der Waals surface area contributed by atoms with Crippen LogP contribution < -0.4 is 16.0 Å². The number of hydrogen-bond donors (Lipinski definition) is 3. The third-order valence-corrected chi connectivity index (χ3v) is 4.10. The molecule has 0 aromatic carbocycles. The molecule has 6 nitrogen and oxygen atoms in total. The Morgan fingerprint density at radius 3 is 2.19 bits per heavy atom. The number of halogens is 3. The fraction of sp³-hybridized carbons (Fsp3) is 0.588. The first kappa shape index (κ1) is 21.9. The van der Waals surface area contributed by atoms with E-state index in [0.29, 0.717) is 17.6 Å². The molecule has 0 saturated carbocycles. The van der Waals surface area contributed by atoms with Crippen LogP contribution in [-0.2, 0) is 9.59 Å². The summed E-state index contributed by atoms with van der Waals surface area (Å²) in [6.45, 7) is 8.53.